The second kappa shape index (κ2) is 4.11. The fourth-order valence-electron chi connectivity index (χ4n) is 1.11. The first-order chi connectivity index (χ1) is 7.58. The van der Waals surface area contributed by atoms with Gasteiger partial charge in [0.1, 0.15) is 0 Å². The number of carboxylic acids is 1. The smallest absolute Gasteiger partial charge is 0.359 e. The van der Waals surface area contributed by atoms with Gasteiger partial charge in [0.25, 0.3) is 0 Å². The Balaban J connectivity index is 2.45. The first-order valence-electron chi connectivity index (χ1n) is 4.20. The SMILES string of the molecule is O=C(O)c1nn(-c2ccc(Cl)cc2)nc1Cl. The van der Waals surface area contributed by atoms with Crippen LogP contribution in [0.3, 0.4) is 0 Å². The Morgan fingerprint density at radius 1 is 1.19 bits per heavy atom. The van der Waals surface area contributed by atoms with Crippen LogP contribution in [0.2, 0.25) is 10.2 Å². The molecule has 0 aliphatic carbocycles. The lowest BCUT2D eigenvalue weighted by molar-refractivity contribution is 0.0690. The molecule has 1 aromatic carbocycles. The number of aromatic nitrogens is 3. The van der Waals surface area contributed by atoms with Crippen LogP contribution in [-0.2, 0) is 0 Å². The Hall–Kier alpha value is -1.59. The molecule has 0 spiro atoms. The highest BCUT2D eigenvalue weighted by molar-refractivity contribution is 6.32. The van der Waals surface area contributed by atoms with Crippen LogP contribution >= 0.6 is 23.2 Å². The predicted octanol–water partition coefficient (Wildman–Crippen LogP) is 2.27. The Labute approximate surface area is 100 Å². The molecular formula is C9H5Cl2N3O2. The van der Waals surface area contributed by atoms with Gasteiger partial charge in [-0.25, -0.2) is 4.79 Å². The van der Waals surface area contributed by atoms with Gasteiger partial charge in [-0.3, -0.25) is 0 Å². The van der Waals surface area contributed by atoms with E-state index in [0.717, 1.165) is 4.80 Å². The standard InChI is InChI=1S/C9H5Cl2N3O2/c10-5-1-3-6(4-2-5)14-12-7(9(15)16)8(11)13-14/h1-4H,(H,15,16). The summed E-state index contributed by atoms with van der Waals surface area (Å²) in [5, 5.41) is 16.7. The van der Waals surface area contributed by atoms with E-state index >= 15 is 0 Å². The molecule has 82 valence electrons. The summed E-state index contributed by atoms with van der Waals surface area (Å²) in [6.45, 7) is 0. The maximum atomic E-state index is 10.7. The van der Waals surface area contributed by atoms with Gasteiger partial charge in [-0.15, -0.1) is 15.0 Å². The third-order valence-corrected chi connectivity index (χ3v) is 2.34. The zero-order valence-corrected chi connectivity index (χ0v) is 9.27. The molecule has 7 heteroatoms. The lowest BCUT2D eigenvalue weighted by atomic mass is 10.3. The van der Waals surface area contributed by atoms with Crippen molar-refractivity contribution in [3.05, 3.63) is 40.1 Å². The van der Waals surface area contributed by atoms with E-state index in [-0.39, 0.29) is 10.8 Å². The van der Waals surface area contributed by atoms with Crippen molar-refractivity contribution in [3.8, 4) is 5.69 Å². The third-order valence-electron chi connectivity index (χ3n) is 1.83. The van der Waals surface area contributed by atoms with Crippen molar-refractivity contribution in [2.75, 3.05) is 0 Å². The van der Waals surface area contributed by atoms with E-state index in [1.165, 1.54) is 0 Å². The topological polar surface area (TPSA) is 68.0 Å². The molecule has 16 heavy (non-hydrogen) atoms. The van der Waals surface area contributed by atoms with Crippen molar-refractivity contribution in [2.24, 2.45) is 0 Å². The van der Waals surface area contributed by atoms with Gasteiger partial charge >= 0.3 is 5.97 Å². The first-order valence-corrected chi connectivity index (χ1v) is 4.95. The molecule has 0 atom stereocenters. The van der Waals surface area contributed by atoms with E-state index in [0.29, 0.717) is 10.7 Å². The minimum absolute atomic E-state index is 0.151. The summed E-state index contributed by atoms with van der Waals surface area (Å²) in [7, 11) is 0. The fourth-order valence-corrected chi connectivity index (χ4v) is 1.43. The largest absolute Gasteiger partial charge is 0.476 e. The average Bonchev–Trinajstić information content (AvgIpc) is 2.61. The maximum absolute atomic E-state index is 10.7. The molecular weight excluding hydrogens is 253 g/mol. The van der Waals surface area contributed by atoms with Gasteiger partial charge in [-0.2, -0.15) is 0 Å². The highest BCUT2D eigenvalue weighted by Crippen LogP contribution is 2.15. The highest BCUT2D eigenvalue weighted by atomic mass is 35.5. The van der Waals surface area contributed by atoms with Crippen LogP contribution in [0.4, 0.5) is 0 Å². The van der Waals surface area contributed by atoms with Gasteiger partial charge < -0.3 is 5.11 Å². The number of nitrogens with zero attached hydrogens (tertiary/aromatic N) is 3. The first kappa shape index (κ1) is 10.9. The van der Waals surface area contributed by atoms with Crippen molar-refractivity contribution in [3.63, 3.8) is 0 Å². The fraction of sp³-hybridized carbons (Fsp3) is 0. The second-order valence-corrected chi connectivity index (χ2v) is 3.70. The molecule has 0 unspecified atom stereocenters. The van der Waals surface area contributed by atoms with Gasteiger partial charge in [0.05, 0.1) is 5.69 Å². The van der Waals surface area contributed by atoms with Gasteiger partial charge in [0, 0.05) is 5.02 Å². The predicted molar refractivity (Wildman–Crippen MR) is 58.3 cm³/mol. The summed E-state index contributed by atoms with van der Waals surface area (Å²) in [5.74, 6) is -1.22. The normalized spacial score (nSPS) is 10.4. The van der Waals surface area contributed by atoms with E-state index in [4.69, 9.17) is 28.3 Å². The third kappa shape index (κ3) is 2.00. The lowest BCUT2D eigenvalue weighted by Crippen LogP contribution is -2.01. The number of rotatable bonds is 2. The van der Waals surface area contributed by atoms with Crippen LogP contribution in [0.15, 0.2) is 24.3 Å². The van der Waals surface area contributed by atoms with Crippen LogP contribution in [0.5, 0.6) is 0 Å². The molecule has 0 amide bonds. The van der Waals surface area contributed by atoms with Crippen molar-refractivity contribution in [1.29, 1.82) is 0 Å². The summed E-state index contributed by atoms with van der Waals surface area (Å²) in [5.41, 5.74) is 0.301. The van der Waals surface area contributed by atoms with E-state index in [2.05, 4.69) is 10.2 Å². The molecule has 2 aromatic rings. The Bertz CT molecular complexity index is 536. The molecule has 0 saturated heterocycles. The average molecular weight is 258 g/mol. The van der Waals surface area contributed by atoms with Gasteiger partial charge in [-0.1, -0.05) is 23.2 Å². The summed E-state index contributed by atoms with van der Waals surface area (Å²) in [6, 6.07) is 6.61. The number of aromatic carboxylic acids is 1. The molecule has 2 rings (SSSR count). The molecule has 0 fully saturated rings. The Morgan fingerprint density at radius 2 is 1.81 bits per heavy atom. The van der Waals surface area contributed by atoms with Crippen LogP contribution in [0.25, 0.3) is 5.69 Å². The molecule has 1 N–H and O–H groups in total. The number of carboxylic acid groups (broad SMARTS) is 1. The number of carbonyl (C=O) groups is 1. The van der Waals surface area contributed by atoms with Crippen molar-refractivity contribution in [2.45, 2.75) is 0 Å². The molecule has 0 aliphatic rings. The van der Waals surface area contributed by atoms with E-state index in [9.17, 15) is 4.79 Å². The number of benzene rings is 1. The molecule has 0 bridgehead atoms. The zero-order valence-electron chi connectivity index (χ0n) is 7.76. The molecule has 0 saturated carbocycles. The monoisotopic (exact) mass is 257 g/mol. The summed E-state index contributed by atoms with van der Waals surface area (Å²) in [4.78, 5) is 11.8. The highest BCUT2D eigenvalue weighted by Gasteiger charge is 2.16. The summed E-state index contributed by atoms with van der Waals surface area (Å²) < 4.78 is 0. The van der Waals surface area contributed by atoms with E-state index in [1.807, 2.05) is 0 Å². The lowest BCUT2D eigenvalue weighted by Gasteiger charge is -1.97. The number of hydrogen-bond donors (Lipinski definition) is 1. The van der Waals surface area contributed by atoms with Crippen molar-refractivity contribution < 1.29 is 9.90 Å². The van der Waals surface area contributed by atoms with Crippen molar-refractivity contribution >= 4 is 29.2 Å². The molecule has 0 aliphatic heterocycles. The Morgan fingerprint density at radius 3 is 2.31 bits per heavy atom. The summed E-state index contributed by atoms with van der Waals surface area (Å²) in [6.07, 6.45) is 0. The molecule has 0 radical (unpaired) electrons. The van der Waals surface area contributed by atoms with Crippen molar-refractivity contribution in [1.82, 2.24) is 15.0 Å². The van der Waals surface area contributed by atoms with Crippen LogP contribution in [0, 0.1) is 0 Å². The second-order valence-electron chi connectivity index (χ2n) is 2.91. The van der Waals surface area contributed by atoms with Gasteiger partial charge in [0.15, 0.2) is 5.15 Å². The zero-order chi connectivity index (χ0) is 11.7. The minimum Gasteiger partial charge on any atom is -0.476 e. The molecule has 1 heterocycles. The van der Waals surface area contributed by atoms with Crippen LogP contribution < -0.4 is 0 Å². The Kier molecular flexibility index (Phi) is 2.80. The van der Waals surface area contributed by atoms with Crippen LogP contribution in [0.1, 0.15) is 10.5 Å². The number of halogens is 2. The van der Waals surface area contributed by atoms with Crippen LogP contribution in [-0.4, -0.2) is 26.1 Å². The number of hydrogen-bond acceptors (Lipinski definition) is 3. The maximum Gasteiger partial charge on any atom is 0.359 e. The quantitative estimate of drug-likeness (QED) is 0.897. The van der Waals surface area contributed by atoms with Gasteiger partial charge in [-0.05, 0) is 24.3 Å². The van der Waals surface area contributed by atoms with E-state index < -0.39 is 5.97 Å². The molecule has 1 aromatic heterocycles. The molecule has 5 nitrogen and oxygen atoms in total. The van der Waals surface area contributed by atoms with E-state index in [1.54, 1.807) is 24.3 Å². The summed E-state index contributed by atoms with van der Waals surface area (Å²) >= 11 is 11.3. The van der Waals surface area contributed by atoms with Gasteiger partial charge in [0.2, 0.25) is 5.69 Å². The minimum atomic E-state index is -1.22.